The summed E-state index contributed by atoms with van der Waals surface area (Å²) in [5.74, 6) is 3.57. The van der Waals surface area contributed by atoms with Gasteiger partial charge in [-0.3, -0.25) is 0 Å². The van der Waals surface area contributed by atoms with Gasteiger partial charge in [-0.2, -0.15) is 0 Å². The van der Waals surface area contributed by atoms with E-state index in [1.54, 1.807) is 0 Å². The van der Waals surface area contributed by atoms with Crippen molar-refractivity contribution >= 4 is 23.8 Å². The van der Waals surface area contributed by atoms with E-state index >= 15 is 0 Å². The Kier molecular flexibility index (Phi) is 9.24. The molecule has 3 unspecified atom stereocenters. The fourth-order valence-electron chi connectivity index (χ4n) is 8.88. The van der Waals surface area contributed by atoms with Crippen LogP contribution in [0.15, 0.2) is 175 Å². The molecule has 5 heteroatoms. The van der Waals surface area contributed by atoms with Gasteiger partial charge < -0.3 is 4.74 Å². The van der Waals surface area contributed by atoms with E-state index in [4.69, 9.17) is 32.3 Å². The van der Waals surface area contributed by atoms with Gasteiger partial charge in [-0.25, -0.2) is 15.0 Å². The average Bonchev–Trinajstić information content (AvgIpc) is 3.66. The third kappa shape index (κ3) is 6.62. The maximum absolute atomic E-state index is 6.77. The van der Waals surface area contributed by atoms with Crippen molar-refractivity contribution in [1.82, 2.24) is 15.0 Å². The van der Waals surface area contributed by atoms with Crippen LogP contribution in [0, 0.1) is 6.92 Å². The molecule has 3 aliphatic rings. The number of hydrogen-bond acceptors (Lipinski definition) is 5. The number of fused-ring (bicyclic) bond motifs is 3. The first-order valence-electron chi connectivity index (χ1n) is 19.8. The first-order chi connectivity index (χ1) is 28.1. The summed E-state index contributed by atoms with van der Waals surface area (Å²) in [6.07, 6.45) is 12.0. The normalized spacial score (nSPS) is 18.2. The molecule has 57 heavy (non-hydrogen) atoms. The van der Waals surface area contributed by atoms with Gasteiger partial charge in [0.25, 0.3) is 0 Å². The summed E-state index contributed by atoms with van der Waals surface area (Å²) in [6, 6.07) is 50.7. The van der Waals surface area contributed by atoms with Gasteiger partial charge in [0.05, 0.1) is 0 Å². The van der Waals surface area contributed by atoms with E-state index in [1.165, 1.54) is 39.0 Å². The Morgan fingerprint density at radius 2 is 1.19 bits per heavy atom. The lowest BCUT2D eigenvalue weighted by molar-refractivity contribution is 0.269. The molecule has 4 nitrogen and oxygen atoms in total. The molecule has 0 radical (unpaired) electrons. The minimum absolute atomic E-state index is 0.0929. The lowest BCUT2D eigenvalue weighted by Gasteiger charge is -2.26. The van der Waals surface area contributed by atoms with Gasteiger partial charge in [0.1, 0.15) is 11.9 Å². The standard InChI is InChI=1S/C52H41N3OS/c1-33-40(34-15-5-2-6-16-34)23-12-24-41(33)44-27-13-26-43(49(44)57)38-29-30-45-47(32-38)56-46-28-14-25-42(48(45)46)37-21-11-22-39(31-37)52-54-50(35-17-7-3-8-18-35)53-51(55-52)36-19-9-4-10-20-36/h2-10,12-20,22-30,32,37,45,47,57H,11,21,31H2,1H3. The zero-order valence-corrected chi connectivity index (χ0v) is 32.6. The van der Waals surface area contributed by atoms with Crippen LogP contribution in [-0.4, -0.2) is 21.1 Å². The van der Waals surface area contributed by atoms with Crippen molar-refractivity contribution in [3.8, 4) is 50.8 Å². The number of nitrogens with zero attached hydrogens (tertiary/aromatic N) is 3. The van der Waals surface area contributed by atoms with E-state index in [0.29, 0.717) is 17.6 Å². The molecule has 10 rings (SSSR count). The Hall–Kier alpha value is -6.30. The highest BCUT2D eigenvalue weighted by molar-refractivity contribution is 7.80. The van der Waals surface area contributed by atoms with Gasteiger partial charge >= 0.3 is 0 Å². The first-order valence-corrected chi connectivity index (χ1v) is 20.3. The van der Waals surface area contributed by atoms with Crippen LogP contribution in [0.2, 0.25) is 0 Å². The summed E-state index contributed by atoms with van der Waals surface area (Å²) in [4.78, 5) is 16.0. The maximum Gasteiger partial charge on any atom is 0.164 e. The summed E-state index contributed by atoms with van der Waals surface area (Å²) in [6.45, 7) is 2.21. The van der Waals surface area contributed by atoms with E-state index in [2.05, 4.69) is 140 Å². The molecule has 0 bridgehead atoms. The molecule has 7 aromatic rings. The SMILES string of the molecule is Cc1c(-c2ccccc2)cccc1-c1cccc(C2=CC3Oc4cccc(C5CCC=C(c6nc(-c7ccccc7)nc(-c7ccccc7)n6)C5)c4C3C=C2)c1S. The Labute approximate surface area is 339 Å². The van der Waals surface area contributed by atoms with Crippen LogP contribution in [0.5, 0.6) is 5.75 Å². The van der Waals surface area contributed by atoms with Gasteiger partial charge in [0, 0.05) is 27.5 Å². The summed E-state index contributed by atoms with van der Waals surface area (Å²) < 4.78 is 6.77. The quantitative estimate of drug-likeness (QED) is 0.165. The fraction of sp³-hybridized carbons (Fsp3) is 0.135. The number of thiol groups is 1. The Balaban J connectivity index is 0.939. The Morgan fingerprint density at radius 3 is 1.89 bits per heavy atom. The van der Waals surface area contributed by atoms with E-state index in [9.17, 15) is 0 Å². The van der Waals surface area contributed by atoms with Crippen molar-refractivity contribution in [3.63, 3.8) is 0 Å². The maximum atomic E-state index is 6.77. The van der Waals surface area contributed by atoms with Crippen molar-refractivity contribution in [1.29, 1.82) is 0 Å². The van der Waals surface area contributed by atoms with E-state index in [0.717, 1.165) is 63.6 Å². The third-order valence-electron chi connectivity index (χ3n) is 11.7. The molecule has 0 saturated heterocycles. The molecule has 0 fully saturated rings. The van der Waals surface area contributed by atoms with Gasteiger partial charge in [-0.05, 0) is 94.3 Å². The molecule has 0 spiro atoms. The molecule has 2 heterocycles. The van der Waals surface area contributed by atoms with Crippen LogP contribution in [0.4, 0.5) is 0 Å². The number of rotatable bonds is 7. The molecule has 6 aromatic carbocycles. The van der Waals surface area contributed by atoms with Crippen molar-refractivity contribution in [2.24, 2.45) is 0 Å². The number of allylic oxidation sites excluding steroid dienone is 4. The molecule has 0 amide bonds. The number of aromatic nitrogens is 3. The second kappa shape index (κ2) is 15.0. The zero-order chi connectivity index (χ0) is 38.3. The van der Waals surface area contributed by atoms with Crippen LogP contribution in [0.25, 0.3) is 56.2 Å². The highest BCUT2D eigenvalue weighted by atomic mass is 32.1. The Morgan fingerprint density at radius 1 is 0.596 bits per heavy atom. The number of ether oxygens (including phenoxy) is 1. The molecule has 3 atom stereocenters. The second-order valence-electron chi connectivity index (χ2n) is 15.1. The lowest BCUT2D eigenvalue weighted by atomic mass is 9.77. The molecular weight excluding hydrogens is 715 g/mol. The second-order valence-corrected chi connectivity index (χ2v) is 15.6. The largest absolute Gasteiger partial charge is 0.485 e. The average molecular weight is 756 g/mol. The highest BCUT2D eigenvalue weighted by Gasteiger charge is 2.37. The minimum atomic E-state index is -0.0929. The molecule has 2 aliphatic carbocycles. The van der Waals surface area contributed by atoms with Crippen LogP contribution in [0.3, 0.4) is 0 Å². The predicted molar refractivity (Wildman–Crippen MR) is 235 cm³/mol. The smallest absolute Gasteiger partial charge is 0.164 e. The van der Waals surface area contributed by atoms with E-state index < -0.39 is 0 Å². The summed E-state index contributed by atoms with van der Waals surface area (Å²) in [5.41, 5.74) is 14.1. The first kappa shape index (κ1) is 35.1. The molecule has 0 saturated carbocycles. The molecule has 276 valence electrons. The van der Waals surface area contributed by atoms with Gasteiger partial charge in [0.2, 0.25) is 0 Å². The van der Waals surface area contributed by atoms with Crippen molar-refractivity contribution in [2.45, 2.75) is 49.0 Å². The van der Waals surface area contributed by atoms with Crippen molar-refractivity contribution in [3.05, 3.63) is 198 Å². The fourth-order valence-corrected chi connectivity index (χ4v) is 9.28. The summed E-state index contributed by atoms with van der Waals surface area (Å²) in [7, 11) is 0. The third-order valence-corrected chi connectivity index (χ3v) is 12.2. The minimum Gasteiger partial charge on any atom is -0.485 e. The van der Waals surface area contributed by atoms with Crippen LogP contribution < -0.4 is 4.74 Å². The monoisotopic (exact) mass is 755 g/mol. The summed E-state index contributed by atoms with van der Waals surface area (Å²) in [5, 5.41) is 0. The molecule has 1 aromatic heterocycles. The predicted octanol–water partition coefficient (Wildman–Crippen LogP) is 13.0. The lowest BCUT2D eigenvalue weighted by Crippen LogP contribution is -2.18. The summed E-state index contributed by atoms with van der Waals surface area (Å²) >= 11 is 5.19. The van der Waals surface area contributed by atoms with Gasteiger partial charge in [0.15, 0.2) is 17.5 Å². The van der Waals surface area contributed by atoms with E-state index in [-0.39, 0.29) is 12.0 Å². The molecular formula is C52H41N3OS. The van der Waals surface area contributed by atoms with Crippen molar-refractivity contribution in [2.75, 3.05) is 0 Å². The number of hydrogen-bond donors (Lipinski definition) is 1. The van der Waals surface area contributed by atoms with Crippen LogP contribution in [0.1, 0.15) is 59.2 Å². The van der Waals surface area contributed by atoms with Gasteiger partial charge in [-0.15, -0.1) is 12.6 Å². The zero-order valence-electron chi connectivity index (χ0n) is 31.7. The van der Waals surface area contributed by atoms with E-state index in [1.807, 2.05) is 36.4 Å². The van der Waals surface area contributed by atoms with Crippen LogP contribution >= 0.6 is 12.6 Å². The molecule has 0 N–H and O–H groups in total. The highest BCUT2D eigenvalue weighted by Crippen LogP contribution is 2.50. The van der Waals surface area contributed by atoms with Crippen molar-refractivity contribution < 1.29 is 4.74 Å². The van der Waals surface area contributed by atoms with Crippen LogP contribution in [-0.2, 0) is 0 Å². The van der Waals surface area contributed by atoms with Gasteiger partial charge in [-0.1, -0.05) is 158 Å². The molecule has 1 aliphatic heterocycles. The topological polar surface area (TPSA) is 47.9 Å². The number of benzene rings is 6. The Bertz CT molecular complexity index is 2660.